The Morgan fingerprint density at radius 2 is 2.08 bits per heavy atom. The summed E-state index contributed by atoms with van der Waals surface area (Å²) in [5, 5.41) is 2.95. The number of hydrogen-bond donors (Lipinski definition) is 1. The highest BCUT2D eigenvalue weighted by atomic mass is 16.5. The molecule has 0 spiro atoms. The molecule has 25 heavy (non-hydrogen) atoms. The van der Waals surface area contributed by atoms with Crippen LogP contribution in [0.3, 0.4) is 0 Å². The fourth-order valence-corrected chi connectivity index (χ4v) is 3.02. The van der Waals surface area contributed by atoms with Crippen molar-refractivity contribution in [3.05, 3.63) is 23.8 Å². The van der Waals surface area contributed by atoms with Crippen molar-refractivity contribution in [2.24, 2.45) is 5.92 Å². The average Bonchev–Trinajstić information content (AvgIpc) is 2.80. The molecule has 138 valence electrons. The maximum absolute atomic E-state index is 12.6. The molecule has 0 bridgehead atoms. The third-order valence-electron chi connectivity index (χ3n) is 4.37. The highest BCUT2D eigenvalue weighted by molar-refractivity contribution is 5.96. The predicted octanol–water partition coefficient (Wildman–Crippen LogP) is 3.44. The van der Waals surface area contributed by atoms with Crippen LogP contribution in [0.25, 0.3) is 0 Å². The van der Waals surface area contributed by atoms with E-state index in [0.29, 0.717) is 29.5 Å². The van der Waals surface area contributed by atoms with Crippen molar-refractivity contribution < 1.29 is 14.3 Å². The number of amides is 3. The molecule has 0 aliphatic carbocycles. The Morgan fingerprint density at radius 1 is 1.32 bits per heavy atom. The van der Waals surface area contributed by atoms with Crippen molar-refractivity contribution in [2.75, 3.05) is 39.1 Å². The Morgan fingerprint density at radius 3 is 2.76 bits per heavy atom. The summed E-state index contributed by atoms with van der Waals surface area (Å²) >= 11 is 0. The van der Waals surface area contributed by atoms with E-state index in [1.807, 2.05) is 11.8 Å². The Bertz CT molecular complexity index is 616. The SMILES string of the molecule is CCOc1cc(C(=O)N(C)C)ccc1NC(=O)N1CCCC[C@H](C)C1. The molecule has 1 aromatic rings. The van der Waals surface area contributed by atoms with Crippen LogP contribution in [0.5, 0.6) is 5.75 Å². The molecule has 1 fully saturated rings. The Hall–Kier alpha value is -2.24. The van der Waals surface area contributed by atoms with E-state index in [4.69, 9.17) is 4.74 Å². The number of likely N-dealkylation sites (tertiary alicyclic amines) is 1. The molecule has 6 nitrogen and oxygen atoms in total. The summed E-state index contributed by atoms with van der Waals surface area (Å²) in [6.07, 6.45) is 3.36. The summed E-state index contributed by atoms with van der Waals surface area (Å²) in [5.41, 5.74) is 1.13. The van der Waals surface area contributed by atoms with E-state index in [2.05, 4.69) is 12.2 Å². The normalized spacial score (nSPS) is 17.6. The molecule has 2 rings (SSSR count). The highest BCUT2D eigenvalue weighted by Gasteiger charge is 2.21. The molecule has 0 saturated carbocycles. The van der Waals surface area contributed by atoms with Crippen molar-refractivity contribution in [3.63, 3.8) is 0 Å². The molecule has 1 aliphatic rings. The Labute approximate surface area is 150 Å². The summed E-state index contributed by atoms with van der Waals surface area (Å²) in [5.74, 6) is 0.936. The number of benzene rings is 1. The lowest BCUT2D eigenvalue weighted by Crippen LogP contribution is -2.37. The summed E-state index contributed by atoms with van der Waals surface area (Å²) < 4.78 is 5.64. The minimum atomic E-state index is -0.110. The number of anilines is 1. The number of nitrogens with zero attached hydrogens (tertiary/aromatic N) is 2. The van der Waals surface area contributed by atoms with Crippen molar-refractivity contribution in [3.8, 4) is 5.75 Å². The fourth-order valence-electron chi connectivity index (χ4n) is 3.02. The van der Waals surface area contributed by atoms with E-state index in [1.54, 1.807) is 32.3 Å². The van der Waals surface area contributed by atoms with Crippen molar-refractivity contribution >= 4 is 17.6 Å². The molecule has 1 atom stereocenters. The zero-order chi connectivity index (χ0) is 18.4. The summed E-state index contributed by atoms with van der Waals surface area (Å²) in [7, 11) is 3.41. The topological polar surface area (TPSA) is 61.9 Å². The molecular weight excluding hydrogens is 318 g/mol. The summed E-state index contributed by atoms with van der Waals surface area (Å²) in [6, 6.07) is 5.03. The van der Waals surface area contributed by atoms with Gasteiger partial charge in [-0.05, 0) is 43.9 Å². The molecule has 0 aromatic heterocycles. The molecule has 1 heterocycles. The first-order valence-electron chi connectivity index (χ1n) is 8.96. The van der Waals surface area contributed by atoms with E-state index in [1.165, 1.54) is 4.90 Å². The van der Waals surface area contributed by atoms with Crippen LogP contribution in [0.15, 0.2) is 18.2 Å². The number of rotatable bonds is 4. The monoisotopic (exact) mass is 347 g/mol. The Balaban J connectivity index is 2.17. The average molecular weight is 347 g/mol. The lowest BCUT2D eigenvalue weighted by molar-refractivity contribution is 0.0827. The van der Waals surface area contributed by atoms with Crippen LogP contribution >= 0.6 is 0 Å². The fraction of sp³-hybridized carbons (Fsp3) is 0.579. The van der Waals surface area contributed by atoms with Gasteiger partial charge in [-0.15, -0.1) is 0 Å². The van der Waals surface area contributed by atoms with Crippen molar-refractivity contribution in [1.29, 1.82) is 0 Å². The maximum atomic E-state index is 12.6. The van der Waals surface area contributed by atoms with Gasteiger partial charge in [0, 0.05) is 32.7 Å². The molecule has 0 radical (unpaired) electrons. The lowest BCUT2D eigenvalue weighted by Gasteiger charge is -2.24. The largest absolute Gasteiger partial charge is 0.492 e. The molecule has 1 N–H and O–H groups in total. The van der Waals surface area contributed by atoms with E-state index in [9.17, 15) is 9.59 Å². The summed E-state index contributed by atoms with van der Waals surface area (Å²) in [4.78, 5) is 28.1. The Kier molecular flexibility index (Phi) is 6.67. The standard InChI is InChI=1S/C19H29N3O3/c1-5-25-17-12-15(18(23)21(3)4)9-10-16(17)20-19(24)22-11-7-6-8-14(2)13-22/h9-10,12,14H,5-8,11,13H2,1-4H3,(H,20,24)/t14-/m0/s1. The number of urea groups is 1. The van der Waals surface area contributed by atoms with Gasteiger partial charge in [-0.1, -0.05) is 13.3 Å². The van der Waals surface area contributed by atoms with Crippen LogP contribution in [0.2, 0.25) is 0 Å². The van der Waals surface area contributed by atoms with Gasteiger partial charge >= 0.3 is 6.03 Å². The van der Waals surface area contributed by atoms with Crippen molar-refractivity contribution in [1.82, 2.24) is 9.80 Å². The molecule has 3 amide bonds. The van der Waals surface area contributed by atoms with Crippen LogP contribution in [-0.4, -0.2) is 55.5 Å². The van der Waals surface area contributed by atoms with Gasteiger partial charge in [-0.25, -0.2) is 4.79 Å². The van der Waals surface area contributed by atoms with Gasteiger partial charge < -0.3 is 19.9 Å². The zero-order valence-corrected chi connectivity index (χ0v) is 15.7. The molecule has 1 aliphatic heterocycles. The van der Waals surface area contributed by atoms with Crippen molar-refractivity contribution in [2.45, 2.75) is 33.1 Å². The first kappa shape index (κ1) is 19.1. The number of nitrogens with one attached hydrogen (secondary N) is 1. The van der Waals surface area contributed by atoms with Gasteiger partial charge in [0.1, 0.15) is 5.75 Å². The lowest BCUT2D eigenvalue weighted by atomic mass is 10.1. The van der Waals surface area contributed by atoms with Gasteiger partial charge in [0.15, 0.2) is 0 Å². The second-order valence-corrected chi connectivity index (χ2v) is 6.82. The number of carbonyl (C=O) groups is 2. The van der Waals surface area contributed by atoms with Crippen LogP contribution in [0, 0.1) is 5.92 Å². The predicted molar refractivity (Wildman–Crippen MR) is 99.2 cm³/mol. The smallest absolute Gasteiger partial charge is 0.321 e. The first-order chi connectivity index (χ1) is 11.9. The van der Waals surface area contributed by atoms with E-state index < -0.39 is 0 Å². The second-order valence-electron chi connectivity index (χ2n) is 6.82. The molecule has 0 unspecified atom stereocenters. The minimum Gasteiger partial charge on any atom is -0.492 e. The van der Waals surface area contributed by atoms with Crippen LogP contribution < -0.4 is 10.1 Å². The third-order valence-corrected chi connectivity index (χ3v) is 4.37. The van der Waals surface area contributed by atoms with Gasteiger partial charge in [-0.3, -0.25) is 4.79 Å². The first-order valence-corrected chi connectivity index (χ1v) is 8.96. The van der Waals surface area contributed by atoms with E-state index in [0.717, 1.165) is 32.4 Å². The van der Waals surface area contributed by atoms with Crippen LogP contribution in [0.4, 0.5) is 10.5 Å². The minimum absolute atomic E-state index is 0.0971. The quantitative estimate of drug-likeness (QED) is 0.907. The van der Waals surface area contributed by atoms with Crippen LogP contribution in [-0.2, 0) is 0 Å². The number of carbonyl (C=O) groups excluding carboxylic acids is 2. The van der Waals surface area contributed by atoms with E-state index >= 15 is 0 Å². The number of hydrogen-bond acceptors (Lipinski definition) is 3. The van der Waals surface area contributed by atoms with Gasteiger partial charge in [0.05, 0.1) is 12.3 Å². The van der Waals surface area contributed by atoms with Crippen LogP contribution in [0.1, 0.15) is 43.5 Å². The highest BCUT2D eigenvalue weighted by Crippen LogP contribution is 2.27. The molecular formula is C19H29N3O3. The summed E-state index contributed by atoms with van der Waals surface area (Å²) in [6.45, 7) is 6.06. The number of ether oxygens (including phenoxy) is 1. The molecule has 6 heteroatoms. The molecule has 1 saturated heterocycles. The van der Waals surface area contributed by atoms with E-state index in [-0.39, 0.29) is 11.9 Å². The van der Waals surface area contributed by atoms with Gasteiger partial charge in [0.2, 0.25) is 0 Å². The van der Waals surface area contributed by atoms with Gasteiger partial charge in [0.25, 0.3) is 5.91 Å². The zero-order valence-electron chi connectivity index (χ0n) is 15.7. The molecule has 1 aromatic carbocycles. The van der Waals surface area contributed by atoms with Gasteiger partial charge in [-0.2, -0.15) is 0 Å². The third kappa shape index (κ3) is 5.11. The second kappa shape index (κ2) is 8.74. The maximum Gasteiger partial charge on any atom is 0.321 e.